The number of rotatable bonds is 5. The molecule has 1 saturated carbocycles. The van der Waals surface area contributed by atoms with Gasteiger partial charge in [-0.05, 0) is 25.7 Å². The monoisotopic (exact) mass is 232 g/mol. The quantitative estimate of drug-likeness (QED) is 0.502. The van der Waals surface area contributed by atoms with Crippen LogP contribution < -0.4 is 11.1 Å². The lowest BCUT2D eigenvalue weighted by molar-refractivity contribution is 0.360. The molecular formula is C13H20N4. The highest BCUT2D eigenvalue weighted by Gasteiger charge is 2.21. The molecule has 0 unspecified atom stereocenters. The molecule has 0 bridgehead atoms. The second kappa shape index (κ2) is 6.03. The predicted octanol–water partition coefficient (Wildman–Crippen LogP) is 2.31. The van der Waals surface area contributed by atoms with Gasteiger partial charge in [0.15, 0.2) is 0 Å². The first-order valence-corrected chi connectivity index (χ1v) is 5.71. The van der Waals surface area contributed by atoms with Gasteiger partial charge in [-0.3, -0.25) is 0 Å². The standard InChI is InChI=1S/C13H20N4/c1-9(7-14)13(16-10(2)8-15)17-11(3)12-5-4-6-12/h7-8,12,14H,1,3-6,15H2,2H3,(H,16,17)/b10-8-,14-7?. The molecule has 17 heavy (non-hydrogen) atoms. The molecule has 1 aliphatic carbocycles. The molecular weight excluding hydrogens is 212 g/mol. The fourth-order valence-corrected chi connectivity index (χ4v) is 1.47. The van der Waals surface area contributed by atoms with Crippen LogP contribution in [0.1, 0.15) is 26.2 Å². The van der Waals surface area contributed by atoms with Crippen molar-refractivity contribution in [2.45, 2.75) is 26.2 Å². The van der Waals surface area contributed by atoms with Crippen LogP contribution >= 0.6 is 0 Å². The van der Waals surface area contributed by atoms with Gasteiger partial charge in [-0.1, -0.05) is 19.6 Å². The van der Waals surface area contributed by atoms with E-state index in [1.165, 1.54) is 31.7 Å². The molecule has 1 fully saturated rings. The molecule has 4 nitrogen and oxygen atoms in total. The largest absolute Gasteiger partial charge is 0.403 e. The first-order valence-electron chi connectivity index (χ1n) is 5.71. The highest BCUT2D eigenvalue weighted by Crippen LogP contribution is 2.30. The molecule has 0 heterocycles. The Hall–Kier alpha value is -1.84. The summed E-state index contributed by atoms with van der Waals surface area (Å²) in [5.74, 6) is 1.07. The number of nitrogens with zero attached hydrogens (tertiary/aromatic N) is 1. The highest BCUT2D eigenvalue weighted by molar-refractivity contribution is 6.14. The van der Waals surface area contributed by atoms with E-state index in [0.29, 0.717) is 23.0 Å². The van der Waals surface area contributed by atoms with Gasteiger partial charge in [0, 0.05) is 23.7 Å². The van der Waals surface area contributed by atoms with Gasteiger partial charge in [-0.15, -0.1) is 0 Å². The summed E-state index contributed by atoms with van der Waals surface area (Å²) in [7, 11) is 0. The molecule has 0 aliphatic heterocycles. The van der Waals surface area contributed by atoms with Gasteiger partial charge in [0.25, 0.3) is 0 Å². The minimum atomic E-state index is 0.515. The zero-order chi connectivity index (χ0) is 12.8. The van der Waals surface area contributed by atoms with E-state index in [-0.39, 0.29) is 0 Å². The Morgan fingerprint density at radius 3 is 2.53 bits per heavy atom. The maximum absolute atomic E-state index is 7.23. The van der Waals surface area contributed by atoms with Crippen molar-refractivity contribution in [2.75, 3.05) is 0 Å². The number of allylic oxidation sites excluding steroid dienone is 2. The minimum Gasteiger partial charge on any atom is -0.403 e. The Bertz CT molecular complexity index is 386. The van der Waals surface area contributed by atoms with Crippen molar-refractivity contribution in [3.63, 3.8) is 0 Å². The molecule has 0 aromatic carbocycles. The Balaban J connectivity index is 2.76. The molecule has 1 rings (SSSR count). The molecule has 0 aromatic heterocycles. The summed E-state index contributed by atoms with van der Waals surface area (Å²) in [6, 6.07) is 0. The average Bonchev–Trinajstić information content (AvgIpc) is 2.24. The van der Waals surface area contributed by atoms with Crippen LogP contribution in [0.4, 0.5) is 0 Å². The molecule has 0 atom stereocenters. The van der Waals surface area contributed by atoms with Crippen molar-refractivity contribution in [3.05, 3.63) is 36.3 Å². The molecule has 92 valence electrons. The van der Waals surface area contributed by atoms with Crippen LogP contribution in [0.25, 0.3) is 0 Å². The lowest BCUT2D eigenvalue weighted by atomic mass is 9.83. The SMILES string of the molecule is C=C(C=N)/C(=N\C(C)=C/N)NC(=C)C1CCC1. The van der Waals surface area contributed by atoms with Gasteiger partial charge in [0.05, 0.1) is 5.70 Å². The van der Waals surface area contributed by atoms with Gasteiger partial charge in [-0.25, -0.2) is 4.99 Å². The normalized spacial score (nSPS) is 17.2. The molecule has 0 aromatic rings. The topological polar surface area (TPSA) is 74.3 Å². The van der Waals surface area contributed by atoms with Crippen molar-refractivity contribution < 1.29 is 0 Å². The molecule has 4 N–H and O–H groups in total. The smallest absolute Gasteiger partial charge is 0.138 e. The van der Waals surface area contributed by atoms with Crippen LogP contribution in [0.2, 0.25) is 0 Å². The first-order chi connectivity index (χ1) is 8.08. The van der Waals surface area contributed by atoms with Crippen molar-refractivity contribution in [1.82, 2.24) is 5.32 Å². The highest BCUT2D eigenvalue weighted by atomic mass is 15.0. The third-order valence-electron chi connectivity index (χ3n) is 2.88. The van der Waals surface area contributed by atoms with Crippen LogP contribution in [0.15, 0.2) is 41.3 Å². The van der Waals surface area contributed by atoms with E-state index >= 15 is 0 Å². The number of nitrogens with one attached hydrogen (secondary N) is 2. The number of hydrogen-bond acceptors (Lipinski definition) is 3. The van der Waals surface area contributed by atoms with E-state index in [1.807, 2.05) is 0 Å². The number of aliphatic imine (C=N–C) groups is 1. The Morgan fingerprint density at radius 1 is 1.47 bits per heavy atom. The molecule has 0 amide bonds. The van der Waals surface area contributed by atoms with E-state index < -0.39 is 0 Å². The third-order valence-corrected chi connectivity index (χ3v) is 2.88. The molecule has 0 saturated heterocycles. The van der Waals surface area contributed by atoms with Gasteiger partial charge < -0.3 is 16.5 Å². The summed E-state index contributed by atoms with van der Waals surface area (Å²) in [5.41, 5.74) is 7.53. The maximum Gasteiger partial charge on any atom is 0.138 e. The zero-order valence-corrected chi connectivity index (χ0v) is 10.3. The zero-order valence-electron chi connectivity index (χ0n) is 10.3. The number of nitrogens with two attached hydrogens (primary N) is 1. The van der Waals surface area contributed by atoms with Gasteiger partial charge in [-0.2, -0.15) is 0 Å². The molecule has 0 radical (unpaired) electrons. The van der Waals surface area contributed by atoms with Crippen molar-refractivity contribution >= 4 is 12.1 Å². The lowest BCUT2D eigenvalue weighted by Crippen LogP contribution is -2.30. The van der Waals surface area contributed by atoms with Crippen LogP contribution in [0.5, 0.6) is 0 Å². The lowest BCUT2D eigenvalue weighted by Gasteiger charge is -2.28. The summed E-state index contributed by atoms with van der Waals surface area (Å²) in [4.78, 5) is 4.28. The molecule has 4 heteroatoms. The second-order valence-electron chi connectivity index (χ2n) is 4.22. The van der Waals surface area contributed by atoms with E-state index in [4.69, 9.17) is 11.1 Å². The Labute approximate surface area is 103 Å². The number of hydrogen-bond donors (Lipinski definition) is 3. The van der Waals surface area contributed by atoms with Gasteiger partial charge in [0.2, 0.25) is 0 Å². The summed E-state index contributed by atoms with van der Waals surface area (Å²) in [6.07, 6.45) is 6.18. The third kappa shape index (κ3) is 3.59. The predicted molar refractivity (Wildman–Crippen MR) is 72.9 cm³/mol. The minimum absolute atomic E-state index is 0.515. The van der Waals surface area contributed by atoms with Crippen LogP contribution in [0.3, 0.4) is 0 Å². The van der Waals surface area contributed by atoms with E-state index in [2.05, 4.69) is 23.5 Å². The van der Waals surface area contributed by atoms with Crippen molar-refractivity contribution in [2.24, 2.45) is 16.6 Å². The molecule has 0 spiro atoms. The van der Waals surface area contributed by atoms with Gasteiger partial charge in [0.1, 0.15) is 5.84 Å². The fourth-order valence-electron chi connectivity index (χ4n) is 1.47. The number of amidine groups is 1. The first kappa shape index (κ1) is 13.2. The van der Waals surface area contributed by atoms with E-state index in [1.54, 1.807) is 6.92 Å². The summed E-state index contributed by atoms with van der Waals surface area (Å²) >= 11 is 0. The second-order valence-corrected chi connectivity index (χ2v) is 4.22. The fraction of sp³-hybridized carbons (Fsp3) is 0.385. The van der Waals surface area contributed by atoms with Crippen molar-refractivity contribution in [1.29, 1.82) is 5.41 Å². The van der Waals surface area contributed by atoms with Crippen LogP contribution in [-0.2, 0) is 0 Å². The van der Waals surface area contributed by atoms with Crippen LogP contribution in [-0.4, -0.2) is 12.1 Å². The van der Waals surface area contributed by atoms with Crippen LogP contribution in [0, 0.1) is 11.3 Å². The Kier molecular flexibility index (Phi) is 4.69. The van der Waals surface area contributed by atoms with E-state index in [9.17, 15) is 0 Å². The van der Waals surface area contributed by atoms with Gasteiger partial charge >= 0.3 is 0 Å². The summed E-state index contributed by atoms with van der Waals surface area (Å²) in [6.45, 7) is 9.58. The van der Waals surface area contributed by atoms with Crippen molar-refractivity contribution in [3.8, 4) is 0 Å². The maximum atomic E-state index is 7.23. The summed E-state index contributed by atoms with van der Waals surface area (Å²) in [5, 5.41) is 10.4. The summed E-state index contributed by atoms with van der Waals surface area (Å²) < 4.78 is 0. The Morgan fingerprint density at radius 2 is 2.12 bits per heavy atom. The van der Waals surface area contributed by atoms with E-state index in [0.717, 1.165) is 5.70 Å². The average molecular weight is 232 g/mol. The molecule has 1 aliphatic rings.